The number of nitrogens with zero attached hydrogens (tertiary/aromatic N) is 4. The van der Waals surface area contributed by atoms with Gasteiger partial charge in [-0.2, -0.15) is 10.4 Å². The van der Waals surface area contributed by atoms with Gasteiger partial charge in [-0.1, -0.05) is 12.1 Å². The zero-order valence-electron chi connectivity index (χ0n) is 14.4. The predicted octanol–water partition coefficient (Wildman–Crippen LogP) is 4.42. The summed E-state index contributed by atoms with van der Waals surface area (Å²) in [4.78, 5) is 5.38. The Morgan fingerprint density at radius 2 is 1.81 bits per heavy atom. The van der Waals surface area contributed by atoms with Gasteiger partial charge in [0.15, 0.2) is 0 Å². The van der Waals surface area contributed by atoms with Crippen LogP contribution in [0.4, 0.5) is 4.39 Å². The fraction of sp³-hybridized carbons (Fsp3) is 0.150. The van der Waals surface area contributed by atoms with Crippen LogP contribution in [0.25, 0.3) is 11.3 Å². The van der Waals surface area contributed by atoms with Gasteiger partial charge in [0.2, 0.25) is 4.80 Å². The Morgan fingerprint density at radius 1 is 1.12 bits per heavy atom. The molecule has 130 valence electrons. The van der Waals surface area contributed by atoms with Gasteiger partial charge in [-0.05, 0) is 55.8 Å². The minimum Gasteiger partial charge on any atom is -0.255 e. The highest BCUT2D eigenvalue weighted by atomic mass is 32.1. The van der Waals surface area contributed by atoms with Crippen LogP contribution in [-0.4, -0.2) is 16.9 Å². The van der Waals surface area contributed by atoms with Crippen molar-refractivity contribution in [2.24, 2.45) is 10.1 Å². The van der Waals surface area contributed by atoms with Gasteiger partial charge in [0.1, 0.15) is 5.82 Å². The summed E-state index contributed by atoms with van der Waals surface area (Å²) >= 11 is 1.49. The average Bonchev–Trinajstić information content (AvgIpc) is 3.03. The number of nitriles is 1. The molecule has 0 saturated carbocycles. The summed E-state index contributed by atoms with van der Waals surface area (Å²) in [6, 6.07) is 15.7. The van der Waals surface area contributed by atoms with E-state index in [0.29, 0.717) is 5.56 Å². The molecule has 0 aliphatic heterocycles. The highest BCUT2D eigenvalue weighted by Gasteiger charge is 2.08. The lowest BCUT2D eigenvalue weighted by Gasteiger charge is -2.04. The van der Waals surface area contributed by atoms with Crippen LogP contribution >= 0.6 is 11.3 Å². The SMILES string of the molecule is CC(C)N=c1scc(-c2ccc(F)cc2)n1N=Cc1ccc(C#N)cc1. The summed E-state index contributed by atoms with van der Waals surface area (Å²) in [5.74, 6) is -0.274. The van der Waals surface area contributed by atoms with Crippen LogP contribution in [0.5, 0.6) is 0 Å². The number of benzene rings is 2. The lowest BCUT2D eigenvalue weighted by molar-refractivity contribution is 0.628. The number of aromatic nitrogens is 1. The molecule has 26 heavy (non-hydrogen) atoms. The minimum absolute atomic E-state index is 0.131. The van der Waals surface area contributed by atoms with Crippen LogP contribution in [0.3, 0.4) is 0 Å². The molecule has 3 aromatic rings. The van der Waals surface area contributed by atoms with E-state index in [1.54, 1.807) is 35.2 Å². The fourth-order valence-corrected chi connectivity index (χ4v) is 3.28. The molecule has 0 amide bonds. The second-order valence-corrected chi connectivity index (χ2v) is 6.76. The van der Waals surface area contributed by atoms with Crippen molar-refractivity contribution in [3.63, 3.8) is 0 Å². The minimum atomic E-state index is -0.274. The molecular formula is C20H17FN4S. The Morgan fingerprint density at radius 3 is 2.42 bits per heavy atom. The van der Waals surface area contributed by atoms with Crippen molar-refractivity contribution in [2.75, 3.05) is 0 Å². The second kappa shape index (κ2) is 7.89. The molecule has 0 spiro atoms. The van der Waals surface area contributed by atoms with E-state index in [1.165, 1.54) is 23.5 Å². The molecule has 4 nitrogen and oxygen atoms in total. The number of halogens is 1. The van der Waals surface area contributed by atoms with Gasteiger partial charge >= 0.3 is 0 Å². The predicted molar refractivity (Wildman–Crippen MR) is 103 cm³/mol. The van der Waals surface area contributed by atoms with Gasteiger partial charge in [-0.3, -0.25) is 4.99 Å². The summed E-state index contributed by atoms with van der Waals surface area (Å²) in [7, 11) is 0. The van der Waals surface area contributed by atoms with Crippen molar-refractivity contribution in [2.45, 2.75) is 19.9 Å². The zero-order chi connectivity index (χ0) is 18.5. The maximum atomic E-state index is 13.2. The molecule has 0 fully saturated rings. The van der Waals surface area contributed by atoms with Crippen LogP contribution in [0.2, 0.25) is 0 Å². The number of rotatable bonds is 4. The second-order valence-electron chi connectivity index (χ2n) is 5.92. The molecule has 0 radical (unpaired) electrons. The number of hydrogen-bond donors (Lipinski definition) is 0. The van der Waals surface area contributed by atoms with Gasteiger partial charge < -0.3 is 0 Å². The molecule has 2 aromatic carbocycles. The van der Waals surface area contributed by atoms with Gasteiger partial charge in [0.05, 0.1) is 23.5 Å². The van der Waals surface area contributed by atoms with E-state index < -0.39 is 0 Å². The van der Waals surface area contributed by atoms with Crippen molar-refractivity contribution in [3.8, 4) is 17.3 Å². The largest absolute Gasteiger partial charge is 0.255 e. The normalized spacial score (nSPS) is 12.0. The molecule has 0 unspecified atom stereocenters. The van der Waals surface area contributed by atoms with Crippen molar-refractivity contribution in [3.05, 3.63) is 75.7 Å². The van der Waals surface area contributed by atoms with Crippen LogP contribution in [0.1, 0.15) is 25.0 Å². The van der Waals surface area contributed by atoms with Gasteiger partial charge in [-0.25, -0.2) is 9.07 Å². The molecule has 3 rings (SSSR count). The summed E-state index contributed by atoms with van der Waals surface area (Å²) in [6.07, 6.45) is 1.72. The smallest absolute Gasteiger partial charge is 0.206 e. The molecule has 0 aliphatic rings. The zero-order valence-corrected chi connectivity index (χ0v) is 15.2. The maximum absolute atomic E-state index is 13.2. The van der Waals surface area contributed by atoms with E-state index in [4.69, 9.17) is 5.26 Å². The van der Waals surface area contributed by atoms with Crippen molar-refractivity contribution >= 4 is 17.6 Å². The Kier molecular flexibility index (Phi) is 5.40. The molecular weight excluding hydrogens is 347 g/mol. The molecule has 0 aliphatic carbocycles. The monoisotopic (exact) mass is 364 g/mol. The lowest BCUT2D eigenvalue weighted by atomic mass is 10.2. The molecule has 0 N–H and O–H groups in total. The molecule has 0 atom stereocenters. The van der Waals surface area contributed by atoms with Crippen LogP contribution < -0.4 is 4.80 Å². The van der Waals surface area contributed by atoms with E-state index in [-0.39, 0.29) is 11.9 Å². The highest BCUT2D eigenvalue weighted by Crippen LogP contribution is 2.20. The Labute approximate surface area is 155 Å². The number of thiazole rings is 1. The average molecular weight is 364 g/mol. The Hall–Kier alpha value is -3.04. The summed E-state index contributed by atoms with van der Waals surface area (Å²) in [5.41, 5.74) is 3.19. The van der Waals surface area contributed by atoms with E-state index >= 15 is 0 Å². The quantitative estimate of drug-likeness (QED) is 0.632. The standard InChI is InChI=1S/C20H17FN4S/c1-14(2)24-20-25(23-12-16-5-3-15(11-22)4-6-16)19(13-26-20)17-7-9-18(21)10-8-17/h3-10,12-14H,1-2H3. The van der Waals surface area contributed by atoms with E-state index in [9.17, 15) is 4.39 Å². The van der Waals surface area contributed by atoms with Crippen molar-refractivity contribution < 1.29 is 4.39 Å². The van der Waals surface area contributed by atoms with Crippen molar-refractivity contribution in [1.82, 2.24) is 4.68 Å². The lowest BCUT2D eigenvalue weighted by Crippen LogP contribution is -2.14. The van der Waals surface area contributed by atoms with E-state index in [0.717, 1.165) is 21.6 Å². The van der Waals surface area contributed by atoms with Gasteiger partial charge in [0.25, 0.3) is 0 Å². The van der Waals surface area contributed by atoms with Crippen LogP contribution in [0.15, 0.2) is 64.0 Å². The first-order chi connectivity index (χ1) is 12.6. The van der Waals surface area contributed by atoms with Gasteiger partial charge in [-0.15, -0.1) is 11.3 Å². The molecule has 1 aromatic heterocycles. The topological polar surface area (TPSA) is 53.4 Å². The summed E-state index contributed by atoms with van der Waals surface area (Å²) < 4.78 is 15.0. The summed E-state index contributed by atoms with van der Waals surface area (Å²) in [6.45, 7) is 4.01. The molecule has 0 saturated heterocycles. The maximum Gasteiger partial charge on any atom is 0.206 e. The Bertz CT molecular complexity index is 1020. The third-order valence-electron chi connectivity index (χ3n) is 3.56. The van der Waals surface area contributed by atoms with Crippen LogP contribution in [-0.2, 0) is 0 Å². The molecule has 6 heteroatoms. The van der Waals surface area contributed by atoms with Crippen LogP contribution in [0, 0.1) is 17.1 Å². The van der Waals surface area contributed by atoms with E-state index in [2.05, 4.69) is 16.2 Å². The Balaban J connectivity index is 2.05. The molecule has 1 heterocycles. The summed E-state index contributed by atoms with van der Waals surface area (Å²) in [5, 5.41) is 15.4. The first kappa shape index (κ1) is 17.8. The third-order valence-corrected chi connectivity index (χ3v) is 4.39. The van der Waals surface area contributed by atoms with Gasteiger partial charge in [0, 0.05) is 17.0 Å². The van der Waals surface area contributed by atoms with E-state index in [1.807, 2.05) is 31.4 Å². The third kappa shape index (κ3) is 4.13. The first-order valence-electron chi connectivity index (χ1n) is 8.11. The van der Waals surface area contributed by atoms with Crippen molar-refractivity contribution in [1.29, 1.82) is 5.26 Å². The highest BCUT2D eigenvalue weighted by molar-refractivity contribution is 7.07. The number of hydrogen-bond acceptors (Lipinski definition) is 4. The first-order valence-corrected chi connectivity index (χ1v) is 8.99. The fourth-order valence-electron chi connectivity index (χ4n) is 2.31. The molecule has 0 bridgehead atoms.